The maximum Gasteiger partial charge on any atom is 0.226 e. The van der Waals surface area contributed by atoms with Crippen LogP contribution in [0.2, 0.25) is 0 Å². The van der Waals surface area contributed by atoms with Crippen molar-refractivity contribution < 1.29 is 9.59 Å². The van der Waals surface area contributed by atoms with Crippen molar-refractivity contribution in [1.82, 2.24) is 0 Å². The van der Waals surface area contributed by atoms with E-state index >= 15 is 0 Å². The quantitative estimate of drug-likeness (QED) is 0.764. The molecule has 0 saturated heterocycles. The zero-order valence-corrected chi connectivity index (χ0v) is 17.1. The van der Waals surface area contributed by atoms with Gasteiger partial charge in [0.1, 0.15) is 0 Å². The van der Waals surface area contributed by atoms with Crippen molar-refractivity contribution in [1.29, 1.82) is 0 Å². The Bertz CT molecular complexity index is 805. The molecule has 144 valence electrons. The van der Waals surface area contributed by atoms with Crippen LogP contribution in [0.15, 0.2) is 36.4 Å². The molecule has 2 aromatic carbocycles. The number of nitrogens with zero attached hydrogens (tertiary/aromatic N) is 1. The number of hydrogen-bond acceptors (Lipinski definition) is 2. The van der Waals surface area contributed by atoms with Gasteiger partial charge < -0.3 is 10.2 Å². The summed E-state index contributed by atoms with van der Waals surface area (Å²) in [6, 6.07) is 12.1. The van der Waals surface area contributed by atoms with Crippen molar-refractivity contribution in [2.24, 2.45) is 0 Å². The number of benzene rings is 2. The van der Waals surface area contributed by atoms with Gasteiger partial charge in [0.25, 0.3) is 0 Å². The van der Waals surface area contributed by atoms with E-state index in [9.17, 15) is 9.59 Å². The molecule has 0 aliphatic rings. The largest absolute Gasteiger partial charge is 0.326 e. The van der Waals surface area contributed by atoms with Gasteiger partial charge in [-0.2, -0.15) is 0 Å². The van der Waals surface area contributed by atoms with E-state index in [1.807, 2.05) is 38.1 Å². The minimum atomic E-state index is -0.0815. The van der Waals surface area contributed by atoms with Crippen LogP contribution in [0.1, 0.15) is 49.4 Å². The first-order valence-corrected chi connectivity index (χ1v) is 9.63. The third-order valence-electron chi connectivity index (χ3n) is 4.84. The Morgan fingerprint density at radius 3 is 2.19 bits per heavy atom. The van der Waals surface area contributed by atoms with Crippen molar-refractivity contribution in [3.05, 3.63) is 58.7 Å². The molecule has 2 rings (SSSR count). The number of nitrogens with one attached hydrogen (secondary N) is 1. The Kier molecular flexibility index (Phi) is 7.17. The van der Waals surface area contributed by atoms with Crippen LogP contribution in [0, 0.1) is 13.8 Å². The lowest BCUT2D eigenvalue weighted by molar-refractivity contribution is -0.117. The van der Waals surface area contributed by atoms with Crippen LogP contribution < -0.4 is 10.2 Å². The van der Waals surface area contributed by atoms with Crippen molar-refractivity contribution >= 4 is 23.2 Å². The summed E-state index contributed by atoms with van der Waals surface area (Å²) in [5.41, 5.74) is 6.21. The van der Waals surface area contributed by atoms with E-state index in [1.165, 1.54) is 0 Å². The van der Waals surface area contributed by atoms with Crippen LogP contribution in [0.4, 0.5) is 11.4 Å². The molecule has 2 aromatic rings. The normalized spacial score (nSPS) is 10.6. The SMILES string of the molecule is CCc1cccc(CC)c1N(CCC(=O)Nc1cc(C)ccc1C)C(C)=O. The lowest BCUT2D eigenvalue weighted by Gasteiger charge is -2.26. The minimum Gasteiger partial charge on any atom is -0.326 e. The number of aryl methyl sites for hydroxylation is 4. The van der Waals surface area contributed by atoms with Gasteiger partial charge >= 0.3 is 0 Å². The monoisotopic (exact) mass is 366 g/mol. The first kappa shape index (κ1) is 20.7. The predicted octanol–water partition coefficient (Wildman–Crippen LogP) is 4.81. The molecule has 0 saturated carbocycles. The van der Waals surface area contributed by atoms with E-state index in [1.54, 1.807) is 11.8 Å². The van der Waals surface area contributed by atoms with Crippen LogP contribution in [-0.4, -0.2) is 18.4 Å². The molecule has 0 aromatic heterocycles. The summed E-state index contributed by atoms with van der Waals surface area (Å²) >= 11 is 0. The van der Waals surface area contributed by atoms with Gasteiger partial charge in [-0.05, 0) is 55.0 Å². The summed E-state index contributed by atoms with van der Waals surface area (Å²) in [5, 5.41) is 2.98. The molecule has 4 nitrogen and oxygen atoms in total. The summed E-state index contributed by atoms with van der Waals surface area (Å²) in [5.74, 6) is -0.118. The zero-order valence-electron chi connectivity index (χ0n) is 17.1. The van der Waals surface area contributed by atoms with Crippen molar-refractivity contribution in [2.75, 3.05) is 16.8 Å². The number of carbonyl (C=O) groups excluding carboxylic acids is 2. The topological polar surface area (TPSA) is 49.4 Å². The van der Waals surface area contributed by atoms with Gasteiger partial charge in [0.05, 0.1) is 0 Å². The smallest absolute Gasteiger partial charge is 0.226 e. The molecule has 0 unspecified atom stereocenters. The van der Waals surface area contributed by atoms with Gasteiger partial charge in [0.15, 0.2) is 0 Å². The van der Waals surface area contributed by atoms with Crippen molar-refractivity contribution in [3.8, 4) is 0 Å². The van der Waals surface area contributed by atoms with Crippen molar-refractivity contribution in [2.45, 2.75) is 53.9 Å². The molecule has 4 heteroatoms. The van der Waals surface area contributed by atoms with Gasteiger partial charge in [-0.25, -0.2) is 0 Å². The number of rotatable bonds is 7. The van der Waals surface area contributed by atoms with E-state index in [0.29, 0.717) is 6.54 Å². The fourth-order valence-corrected chi connectivity index (χ4v) is 3.29. The highest BCUT2D eigenvalue weighted by Gasteiger charge is 2.19. The third kappa shape index (κ3) is 5.19. The van der Waals surface area contributed by atoms with E-state index in [2.05, 4.69) is 31.3 Å². The Hall–Kier alpha value is -2.62. The summed E-state index contributed by atoms with van der Waals surface area (Å²) in [6.45, 7) is 10.1. The molecular weight excluding hydrogens is 336 g/mol. The first-order valence-electron chi connectivity index (χ1n) is 9.63. The van der Waals surface area contributed by atoms with Crippen LogP contribution in [0.25, 0.3) is 0 Å². The Morgan fingerprint density at radius 1 is 1.00 bits per heavy atom. The fraction of sp³-hybridized carbons (Fsp3) is 0.391. The first-order chi connectivity index (χ1) is 12.9. The highest BCUT2D eigenvalue weighted by molar-refractivity contribution is 5.96. The molecular formula is C23H30N2O2. The van der Waals surface area contributed by atoms with Crippen molar-refractivity contribution in [3.63, 3.8) is 0 Å². The molecule has 0 radical (unpaired) electrons. The number of para-hydroxylation sites is 1. The molecule has 27 heavy (non-hydrogen) atoms. The molecule has 0 fully saturated rings. The second kappa shape index (κ2) is 9.36. The standard InChI is InChI=1S/C23H30N2O2/c1-6-19-9-8-10-20(7-2)23(19)25(18(5)26)14-13-22(27)24-21-15-16(3)11-12-17(21)4/h8-12,15H,6-7,13-14H2,1-5H3,(H,24,27). The maximum atomic E-state index is 12.5. The number of carbonyl (C=O) groups is 2. The maximum absolute atomic E-state index is 12.5. The van der Waals surface area contributed by atoms with E-state index in [4.69, 9.17) is 0 Å². The number of amides is 2. The second-order valence-corrected chi connectivity index (χ2v) is 6.92. The van der Waals surface area contributed by atoms with Crippen LogP contribution >= 0.6 is 0 Å². The fourth-order valence-electron chi connectivity index (χ4n) is 3.29. The Labute approximate surface area is 162 Å². The van der Waals surface area contributed by atoms with Gasteiger partial charge in [0.2, 0.25) is 11.8 Å². The average molecular weight is 367 g/mol. The summed E-state index contributed by atoms with van der Waals surface area (Å²) in [4.78, 5) is 26.6. The van der Waals surface area contributed by atoms with Gasteiger partial charge in [0, 0.05) is 31.3 Å². The molecule has 0 spiro atoms. The molecule has 0 bridgehead atoms. The minimum absolute atomic E-state index is 0.0369. The molecule has 0 aliphatic carbocycles. The summed E-state index contributed by atoms with van der Waals surface area (Å²) < 4.78 is 0. The van der Waals surface area contributed by atoms with E-state index < -0.39 is 0 Å². The molecule has 1 N–H and O–H groups in total. The highest BCUT2D eigenvalue weighted by atomic mass is 16.2. The second-order valence-electron chi connectivity index (χ2n) is 6.92. The Balaban J connectivity index is 2.17. The van der Waals surface area contributed by atoms with Gasteiger partial charge in [-0.3, -0.25) is 9.59 Å². The molecule has 0 aliphatic heterocycles. The van der Waals surface area contributed by atoms with Crippen LogP contribution in [0.3, 0.4) is 0 Å². The van der Waals surface area contributed by atoms with E-state index in [-0.39, 0.29) is 18.2 Å². The summed E-state index contributed by atoms with van der Waals surface area (Å²) in [7, 11) is 0. The van der Waals surface area contributed by atoms with Crippen LogP contribution in [0.5, 0.6) is 0 Å². The van der Waals surface area contributed by atoms with Gasteiger partial charge in [-0.15, -0.1) is 0 Å². The highest BCUT2D eigenvalue weighted by Crippen LogP contribution is 2.27. The molecule has 0 heterocycles. The molecule has 2 amide bonds. The van der Waals surface area contributed by atoms with Gasteiger partial charge in [-0.1, -0.05) is 44.2 Å². The zero-order chi connectivity index (χ0) is 20.0. The average Bonchev–Trinajstić information content (AvgIpc) is 2.64. The Morgan fingerprint density at radius 2 is 1.63 bits per heavy atom. The molecule has 0 atom stereocenters. The predicted molar refractivity (Wildman–Crippen MR) is 112 cm³/mol. The lowest BCUT2D eigenvalue weighted by Crippen LogP contribution is -2.33. The van der Waals surface area contributed by atoms with Crippen LogP contribution in [-0.2, 0) is 22.4 Å². The third-order valence-corrected chi connectivity index (χ3v) is 4.84. The number of anilines is 2. The summed E-state index contributed by atoms with van der Waals surface area (Å²) in [6.07, 6.45) is 1.96. The number of hydrogen-bond donors (Lipinski definition) is 1. The van der Waals surface area contributed by atoms with E-state index in [0.717, 1.165) is 46.5 Å². The lowest BCUT2D eigenvalue weighted by atomic mass is 10.0.